The van der Waals surface area contributed by atoms with Crippen molar-refractivity contribution in [1.29, 1.82) is 0 Å². The fraction of sp³-hybridized carbons (Fsp3) is 0.917. The van der Waals surface area contributed by atoms with Crippen LogP contribution in [0.3, 0.4) is 0 Å². The lowest BCUT2D eigenvalue weighted by Crippen LogP contribution is -2.50. The number of amides is 1. The van der Waals surface area contributed by atoms with Gasteiger partial charge in [-0.3, -0.25) is 9.69 Å². The molecule has 4 nitrogen and oxygen atoms in total. The maximum absolute atomic E-state index is 11.6. The van der Waals surface area contributed by atoms with Crippen LogP contribution in [0.1, 0.15) is 19.8 Å². The number of hydrogen-bond donors (Lipinski definition) is 1. The van der Waals surface area contributed by atoms with Crippen molar-refractivity contribution in [2.45, 2.75) is 25.8 Å². The summed E-state index contributed by atoms with van der Waals surface area (Å²) in [6, 6.07) is 0.621. The third-order valence-corrected chi connectivity index (χ3v) is 3.57. The van der Waals surface area contributed by atoms with E-state index in [1.54, 1.807) is 4.90 Å². The van der Waals surface area contributed by atoms with Gasteiger partial charge in [-0.1, -0.05) is 13.3 Å². The van der Waals surface area contributed by atoms with Crippen LogP contribution in [-0.2, 0) is 4.79 Å². The quantitative estimate of drug-likeness (QED) is 0.755. The Hall–Kier alpha value is -0.610. The molecule has 4 heteroatoms. The summed E-state index contributed by atoms with van der Waals surface area (Å²) in [5.74, 6) is 0.881. The zero-order chi connectivity index (χ0) is 12.1. The molecule has 1 rings (SSSR count). The highest BCUT2D eigenvalue weighted by Gasteiger charge is 2.27. The molecule has 0 spiro atoms. The molecular formula is C12H25N3O. The monoisotopic (exact) mass is 227 g/mol. The molecule has 0 aromatic rings. The molecule has 0 aliphatic carbocycles. The molecule has 1 aliphatic rings. The van der Waals surface area contributed by atoms with Gasteiger partial charge in [-0.25, -0.2) is 0 Å². The largest absolute Gasteiger partial charge is 0.348 e. The lowest BCUT2D eigenvalue weighted by Gasteiger charge is -2.38. The van der Waals surface area contributed by atoms with E-state index in [1.807, 2.05) is 21.1 Å². The molecule has 0 aromatic heterocycles. The average molecular weight is 227 g/mol. The van der Waals surface area contributed by atoms with Gasteiger partial charge in [0.05, 0.1) is 6.54 Å². The fourth-order valence-electron chi connectivity index (χ4n) is 2.38. The Labute approximate surface area is 99.0 Å². The van der Waals surface area contributed by atoms with Gasteiger partial charge < -0.3 is 10.2 Å². The SMILES string of the molecule is CCC1CN(CC(=O)N(C)C)CCC1NC. The fourth-order valence-corrected chi connectivity index (χ4v) is 2.38. The lowest BCUT2D eigenvalue weighted by atomic mass is 9.90. The summed E-state index contributed by atoms with van der Waals surface area (Å²) >= 11 is 0. The van der Waals surface area contributed by atoms with Gasteiger partial charge in [0.2, 0.25) is 5.91 Å². The topological polar surface area (TPSA) is 35.6 Å². The van der Waals surface area contributed by atoms with E-state index in [-0.39, 0.29) is 5.91 Å². The van der Waals surface area contributed by atoms with Crippen LogP contribution in [0, 0.1) is 5.92 Å². The predicted molar refractivity (Wildman–Crippen MR) is 66.4 cm³/mol. The van der Waals surface area contributed by atoms with Gasteiger partial charge in [-0.2, -0.15) is 0 Å². The summed E-state index contributed by atoms with van der Waals surface area (Å²) in [5.41, 5.74) is 0. The van der Waals surface area contributed by atoms with Crippen molar-refractivity contribution in [3.05, 3.63) is 0 Å². The van der Waals surface area contributed by atoms with Crippen LogP contribution in [0.2, 0.25) is 0 Å². The molecular weight excluding hydrogens is 202 g/mol. The van der Waals surface area contributed by atoms with Crippen LogP contribution >= 0.6 is 0 Å². The van der Waals surface area contributed by atoms with Crippen molar-refractivity contribution < 1.29 is 4.79 Å². The highest BCUT2D eigenvalue weighted by Crippen LogP contribution is 2.19. The number of carbonyl (C=O) groups is 1. The lowest BCUT2D eigenvalue weighted by molar-refractivity contribution is -0.130. The minimum atomic E-state index is 0.206. The second-order valence-corrected chi connectivity index (χ2v) is 4.88. The van der Waals surface area contributed by atoms with Crippen molar-refractivity contribution in [2.75, 3.05) is 40.8 Å². The van der Waals surface area contributed by atoms with Crippen LogP contribution < -0.4 is 5.32 Å². The van der Waals surface area contributed by atoms with Gasteiger partial charge in [-0.05, 0) is 19.4 Å². The molecule has 1 fully saturated rings. The minimum absolute atomic E-state index is 0.206. The third kappa shape index (κ3) is 3.46. The van der Waals surface area contributed by atoms with Crippen LogP contribution in [-0.4, -0.2) is 62.5 Å². The van der Waals surface area contributed by atoms with Gasteiger partial charge in [0, 0.05) is 33.2 Å². The Morgan fingerprint density at radius 3 is 2.69 bits per heavy atom. The zero-order valence-corrected chi connectivity index (χ0v) is 11.0. The molecule has 0 bridgehead atoms. The maximum atomic E-state index is 11.6. The van der Waals surface area contributed by atoms with Crippen molar-refractivity contribution in [1.82, 2.24) is 15.1 Å². The molecule has 0 radical (unpaired) electrons. The van der Waals surface area contributed by atoms with Gasteiger partial charge in [0.1, 0.15) is 0 Å². The second kappa shape index (κ2) is 6.21. The van der Waals surface area contributed by atoms with Crippen LogP contribution in [0.25, 0.3) is 0 Å². The first-order valence-corrected chi connectivity index (χ1v) is 6.18. The first-order chi connectivity index (χ1) is 7.58. The summed E-state index contributed by atoms with van der Waals surface area (Å²) in [6.45, 7) is 4.87. The first-order valence-electron chi connectivity index (χ1n) is 6.18. The van der Waals surface area contributed by atoms with Crippen LogP contribution in [0.15, 0.2) is 0 Å². The molecule has 1 heterocycles. The van der Waals surface area contributed by atoms with Gasteiger partial charge in [-0.15, -0.1) is 0 Å². The minimum Gasteiger partial charge on any atom is -0.348 e. The average Bonchev–Trinajstić information content (AvgIpc) is 2.28. The standard InChI is InChI=1S/C12H25N3O/c1-5-10-8-15(7-6-11(10)13-2)9-12(16)14(3)4/h10-11,13H,5-9H2,1-4H3. The van der Waals surface area contributed by atoms with E-state index in [4.69, 9.17) is 0 Å². The second-order valence-electron chi connectivity index (χ2n) is 4.88. The normalized spacial score (nSPS) is 26.8. The number of hydrogen-bond acceptors (Lipinski definition) is 3. The van der Waals surface area contributed by atoms with Gasteiger partial charge >= 0.3 is 0 Å². The Bertz CT molecular complexity index is 230. The molecule has 16 heavy (non-hydrogen) atoms. The number of carbonyl (C=O) groups excluding carboxylic acids is 1. The van der Waals surface area contributed by atoms with Crippen LogP contribution in [0.5, 0.6) is 0 Å². The molecule has 2 atom stereocenters. The zero-order valence-electron chi connectivity index (χ0n) is 11.0. The number of likely N-dealkylation sites (N-methyl/N-ethyl adjacent to an activating group) is 1. The summed E-state index contributed by atoms with van der Waals surface area (Å²) in [5, 5.41) is 3.38. The van der Waals surface area contributed by atoms with E-state index in [0.29, 0.717) is 18.5 Å². The Morgan fingerprint density at radius 2 is 2.19 bits per heavy atom. The van der Waals surface area contributed by atoms with Gasteiger partial charge in [0.25, 0.3) is 0 Å². The van der Waals surface area contributed by atoms with E-state index in [1.165, 1.54) is 6.42 Å². The smallest absolute Gasteiger partial charge is 0.236 e. The van der Waals surface area contributed by atoms with E-state index in [2.05, 4.69) is 17.1 Å². The summed E-state index contributed by atoms with van der Waals surface area (Å²) in [7, 11) is 5.67. The highest BCUT2D eigenvalue weighted by molar-refractivity contribution is 5.77. The summed E-state index contributed by atoms with van der Waals surface area (Å²) in [6.07, 6.45) is 2.33. The van der Waals surface area contributed by atoms with Crippen molar-refractivity contribution in [3.8, 4) is 0 Å². The van der Waals surface area contributed by atoms with E-state index in [9.17, 15) is 4.79 Å². The Kier molecular flexibility index (Phi) is 5.22. The number of nitrogens with zero attached hydrogens (tertiary/aromatic N) is 2. The van der Waals surface area contributed by atoms with E-state index in [0.717, 1.165) is 19.5 Å². The van der Waals surface area contributed by atoms with E-state index >= 15 is 0 Å². The number of rotatable bonds is 4. The van der Waals surface area contributed by atoms with Crippen molar-refractivity contribution in [2.24, 2.45) is 5.92 Å². The summed E-state index contributed by atoms with van der Waals surface area (Å²) in [4.78, 5) is 15.6. The third-order valence-electron chi connectivity index (χ3n) is 3.57. The Morgan fingerprint density at radius 1 is 1.50 bits per heavy atom. The number of nitrogens with one attached hydrogen (secondary N) is 1. The molecule has 2 unspecified atom stereocenters. The van der Waals surface area contributed by atoms with Gasteiger partial charge in [0.15, 0.2) is 0 Å². The van der Waals surface area contributed by atoms with Crippen molar-refractivity contribution >= 4 is 5.91 Å². The molecule has 1 aliphatic heterocycles. The Balaban J connectivity index is 2.44. The molecule has 0 saturated carbocycles. The number of piperidine rings is 1. The molecule has 1 N–H and O–H groups in total. The predicted octanol–water partition coefficient (Wildman–Crippen LogP) is 0.395. The molecule has 94 valence electrons. The summed E-state index contributed by atoms with van der Waals surface area (Å²) < 4.78 is 0. The molecule has 1 amide bonds. The van der Waals surface area contributed by atoms with Crippen LogP contribution in [0.4, 0.5) is 0 Å². The number of likely N-dealkylation sites (tertiary alicyclic amines) is 1. The molecule has 1 saturated heterocycles. The first kappa shape index (κ1) is 13.5. The van der Waals surface area contributed by atoms with E-state index < -0.39 is 0 Å². The molecule has 0 aromatic carbocycles. The maximum Gasteiger partial charge on any atom is 0.236 e. The highest BCUT2D eigenvalue weighted by atomic mass is 16.2. The van der Waals surface area contributed by atoms with Crippen molar-refractivity contribution in [3.63, 3.8) is 0 Å².